The van der Waals surface area contributed by atoms with E-state index in [-0.39, 0.29) is 22.1 Å². The molecule has 6 N–H and O–H groups in total. The van der Waals surface area contributed by atoms with Crippen LogP contribution in [0.1, 0.15) is 13.2 Å². The molecule has 2 unspecified atom stereocenters. The van der Waals surface area contributed by atoms with E-state index < -0.39 is 55.4 Å². The number of aliphatic hydroxyl groups is 3. The lowest BCUT2D eigenvalue weighted by Gasteiger charge is -2.17. The summed E-state index contributed by atoms with van der Waals surface area (Å²) in [6, 6.07) is -2.53. The van der Waals surface area contributed by atoms with Gasteiger partial charge in [0.25, 0.3) is 0 Å². The van der Waals surface area contributed by atoms with Crippen molar-refractivity contribution in [2.45, 2.75) is 48.8 Å². The third-order valence-corrected chi connectivity index (χ3v) is 5.15. The van der Waals surface area contributed by atoms with Crippen LogP contribution in [0.15, 0.2) is 11.5 Å². The molecule has 2 aromatic rings. The summed E-state index contributed by atoms with van der Waals surface area (Å²) < 4.78 is 21.1. The number of anilines is 1. The van der Waals surface area contributed by atoms with Crippen LogP contribution in [-0.2, 0) is 9.53 Å². The number of halogens is 1. The first-order chi connectivity index (χ1) is 14.7. The topological polar surface area (TPSA) is 192 Å². The summed E-state index contributed by atoms with van der Waals surface area (Å²) in [5.74, 6) is -1.52. The summed E-state index contributed by atoms with van der Waals surface area (Å²) >= 11 is 1.12. The maximum atomic E-state index is 14.6. The number of amides is 2. The van der Waals surface area contributed by atoms with Crippen LogP contribution in [0.25, 0.3) is 11.2 Å². The number of carbonyl (C=O) groups is 2. The summed E-state index contributed by atoms with van der Waals surface area (Å²) in [6.45, 7) is 0.620. The Bertz CT molecular complexity index is 975. The van der Waals surface area contributed by atoms with Crippen LogP contribution in [0.5, 0.6) is 0 Å². The van der Waals surface area contributed by atoms with E-state index in [1.165, 1.54) is 17.8 Å². The molecule has 6 atom stereocenters. The molecule has 3 heterocycles. The number of carbonyl (C=O) groups excluding carboxylic acids is 1. The lowest BCUT2D eigenvalue weighted by atomic mass is 10.1. The zero-order chi connectivity index (χ0) is 22.9. The molecular weight excluding hydrogens is 439 g/mol. The van der Waals surface area contributed by atoms with Crippen molar-refractivity contribution in [1.29, 1.82) is 0 Å². The number of urea groups is 1. The zero-order valence-electron chi connectivity index (χ0n) is 16.3. The summed E-state index contributed by atoms with van der Waals surface area (Å²) in [4.78, 5) is 35.9. The molecule has 1 aliphatic heterocycles. The molecule has 1 aliphatic rings. The second-order valence-electron chi connectivity index (χ2n) is 6.72. The number of imidazole rings is 1. The highest BCUT2D eigenvalue weighted by molar-refractivity contribution is 7.98. The number of aliphatic carboxylic acids is 1. The second kappa shape index (κ2) is 9.27. The fraction of sp³-hybridized carbons (Fsp3) is 0.562. The highest BCUT2D eigenvalue weighted by Gasteiger charge is 2.45. The molecule has 170 valence electrons. The van der Waals surface area contributed by atoms with Gasteiger partial charge in [-0.05, 0) is 13.2 Å². The Balaban J connectivity index is 1.93. The first kappa shape index (κ1) is 23.1. The molecule has 2 aromatic heterocycles. The Morgan fingerprint density at radius 3 is 2.68 bits per heavy atom. The van der Waals surface area contributed by atoms with Gasteiger partial charge in [0, 0.05) is 0 Å². The fourth-order valence-electron chi connectivity index (χ4n) is 3.01. The predicted octanol–water partition coefficient (Wildman–Crippen LogP) is -0.908. The summed E-state index contributed by atoms with van der Waals surface area (Å²) in [5.41, 5.74) is 0.132. The number of thioether (sulfide) groups is 1. The van der Waals surface area contributed by atoms with E-state index in [2.05, 4.69) is 25.6 Å². The van der Waals surface area contributed by atoms with Crippen LogP contribution in [0.3, 0.4) is 0 Å². The molecule has 13 nitrogen and oxygen atoms in total. The highest BCUT2D eigenvalue weighted by Crippen LogP contribution is 2.34. The first-order valence-electron chi connectivity index (χ1n) is 9.03. The number of aliphatic hydroxyl groups excluding tert-OH is 3. The number of ether oxygens (including phenoxy) is 1. The number of aromatic nitrogens is 4. The zero-order valence-corrected chi connectivity index (χ0v) is 17.2. The number of hydrogen-bond donors (Lipinski definition) is 6. The SMILES string of the molecule is CSc1nc(NC(=O)NC(C(=O)O)C(C)O)c2ncn([C@@H]3O[C@H](CO)[C@H](O)[C@@H]3F)c2n1. The number of nitrogens with zero attached hydrogens (tertiary/aromatic N) is 4. The van der Waals surface area contributed by atoms with E-state index in [4.69, 9.17) is 9.84 Å². The van der Waals surface area contributed by atoms with Gasteiger partial charge in [0.2, 0.25) is 0 Å². The minimum absolute atomic E-state index is 0.0506. The summed E-state index contributed by atoms with van der Waals surface area (Å²) in [6.07, 6.45) is -4.38. The van der Waals surface area contributed by atoms with Crippen LogP contribution in [0, 0.1) is 0 Å². The average Bonchev–Trinajstić information content (AvgIpc) is 3.26. The van der Waals surface area contributed by atoms with Gasteiger partial charge >= 0.3 is 12.0 Å². The molecule has 3 rings (SSSR count). The Hall–Kier alpha value is -2.59. The van der Waals surface area contributed by atoms with Crippen molar-refractivity contribution in [2.24, 2.45) is 0 Å². The first-order valence-corrected chi connectivity index (χ1v) is 10.3. The molecule has 0 spiro atoms. The van der Waals surface area contributed by atoms with E-state index in [0.717, 1.165) is 11.8 Å². The quantitative estimate of drug-likeness (QED) is 0.221. The van der Waals surface area contributed by atoms with Gasteiger partial charge in [-0.2, -0.15) is 0 Å². The molecule has 0 saturated carbocycles. The van der Waals surface area contributed by atoms with Crippen molar-refractivity contribution in [3.05, 3.63) is 6.33 Å². The molecule has 1 fully saturated rings. The van der Waals surface area contributed by atoms with Gasteiger partial charge in [-0.1, -0.05) is 11.8 Å². The Labute approximate surface area is 178 Å². The number of carboxylic acids is 1. The largest absolute Gasteiger partial charge is 0.480 e. The Morgan fingerprint density at radius 1 is 1.42 bits per heavy atom. The van der Waals surface area contributed by atoms with E-state index in [0.29, 0.717) is 0 Å². The van der Waals surface area contributed by atoms with Gasteiger partial charge in [0.05, 0.1) is 19.0 Å². The van der Waals surface area contributed by atoms with Crippen molar-refractivity contribution in [3.8, 4) is 0 Å². The molecule has 2 amide bonds. The van der Waals surface area contributed by atoms with Gasteiger partial charge in [0.15, 0.2) is 40.6 Å². The van der Waals surface area contributed by atoms with Crippen molar-refractivity contribution >= 4 is 40.7 Å². The van der Waals surface area contributed by atoms with E-state index in [9.17, 15) is 29.3 Å². The van der Waals surface area contributed by atoms with E-state index in [1.807, 2.05) is 0 Å². The third kappa shape index (κ3) is 4.54. The number of carboxylic acid groups (broad SMARTS) is 1. The van der Waals surface area contributed by atoms with Crippen LogP contribution >= 0.6 is 11.8 Å². The smallest absolute Gasteiger partial charge is 0.328 e. The summed E-state index contributed by atoms with van der Waals surface area (Å²) in [5, 5.41) is 42.4. The average molecular weight is 460 g/mol. The monoisotopic (exact) mass is 460 g/mol. The third-order valence-electron chi connectivity index (χ3n) is 4.60. The van der Waals surface area contributed by atoms with E-state index in [1.54, 1.807) is 6.26 Å². The molecule has 1 saturated heterocycles. The van der Waals surface area contributed by atoms with Crippen molar-refractivity contribution in [1.82, 2.24) is 24.8 Å². The maximum Gasteiger partial charge on any atom is 0.328 e. The van der Waals surface area contributed by atoms with Gasteiger partial charge in [-0.15, -0.1) is 0 Å². The molecule has 15 heteroatoms. The molecule has 0 radical (unpaired) electrons. The number of hydrogen-bond acceptors (Lipinski definition) is 10. The standard InChI is InChI=1S/C16H21FN6O7S/c1-5(25)8(14(27)28)19-15(29)20-11-9-12(22-16(21-11)31-2)23(4-18-9)13-7(17)10(26)6(3-24)30-13/h4-8,10,13,24-26H,3H2,1-2H3,(H,27,28)(H2,19,20,21,22,29)/t5?,6-,7+,8?,10+,13-/m1/s1. The normalized spacial score (nSPS) is 25.4. The van der Waals surface area contributed by atoms with Gasteiger partial charge in [-0.3, -0.25) is 9.88 Å². The second-order valence-corrected chi connectivity index (χ2v) is 7.49. The highest BCUT2D eigenvalue weighted by atomic mass is 32.2. The maximum absolute atomic E-state index is 14.6. The number of alkyl halides is 1. The number of rotatable bonds is 7. The van der Waals surface area contributed by atoms with Gasteiger partial charge in [0.1, 0.15) is 12.2 Å². The lowest BCUT2D eigenvalue weighted by molar-refractivity contribution is -0.141. The molecule has 0 aliphatic carbocycles. The van der Waals surface area contributed by atoms with Crippen LogP contribution in [-0.4, -0.2) is 95.3 Å². The molecule has 31 heavy (non-hydrogen) atoms. The van der Waals surface area contributed by atoms with Gasteiger partial charge < -0.3 is 30.5 Å². The van der Waals surface area contributed by atoms with Gasteiger partial charge in [-0.25, -0.2) is 28.9 Å². The summed E-state index contributed by atoms with van der Waals surface area (Å²) in [7, 11) is 0. The molecule has 0 bridgehead atoms. The van der Waals surface area contributed by atoms with Crippen molar-refractivity contribution in [2.75, 3.05) is 18.2 Å². The van der Waals surface area contributed by atoms with Crippen LogP contribution in [0.4, 0.5) is 15.0 Å². The number of nitrogens with one attached hydrogen (secondary N) is 2. The van der Waals surface area contributed by atoms with Crippen molar-refractivity contribution < 1.29 is 39.1 Å². The fourth-order valence-corrected chi connectivity index (χ4v) is 3.37. The predicted molar refractivity (Wildman–Crippen MR) is 104 cm³/mol. The molecular formula is C16H21FN6O7S. The van der Waals surface area contributed by atoms with Crippen LogP contribution < -0.4 is 10.6 Å². The minimum Gasteiger partial charge on any atom is -0.480 e. The Kier molecular flexibility index (Phi) is 6.90. The van der Waals surface area contributed by atoms with E-state index >= 15 is 0 Å². The Morgan fingerprint density at radius 2 is 2.13 bits per heavy atom. The number of fused-ring (bicyclic) bond motifs is 1. The van der Waals surface area contributed by atoms with Crippen LogP contribution in [0.2, 0.25) is 0 Å². The molecule has 0 aromatic carbocycles. The lowest BCUT2D eigenvalue weighted by Crippen LogP contribution is -2.49. The minimum atomic E-state index is -1.87. The van der Waals surface area contributed by atoms with Crippen molar-refractivity contribution in [3.63, 3.8) is 0 Å².